The van der Waals surface area contributed by atoms with E-state index in [2.05, 4.69) is 33.0 Å². The minimum absolute atomic E-state index is 0.0191. The van der Waals surface area contributed by atoms with Gasteiger partial charge in [0.05, 0.1) is 18.8 Å². The molecule has 2 unspecified atom stereocenters. The zero-order valence-electron chi connectivity index (χ0n) is 12.9. The van der Waals surface area contributed by atoms with E-state index in [1.807, 2.05) is 4.90 Å². The molecule has 0 aromatic carbocycles. The predicted molar refractivity (Wildman–Crippen MR) is 77.9 cm³/mol. The number of amides is 1. The SMILES string of the molecule is CCCCC1NC(C)N(CCOCCC(C)C)C1=O. The zero-order chi connectivity index (χ0) is 14.3. The van der Waals surface area contributed by atoms with Gasteiger partial charge in [0.2, 0.25) is 5.91 Å². The van der Waals surface area contributed by atoms with Crippen molar-refractivity contribution in [3.8, 4) is 0 Å². The van der Waals surface area contributed by atoms with Crippen LogP contribution in [0.25, 0.3) is 0 Å². The summed E-state index contributed by atoms with van der Waals surface area (Å²) in [5.41, 5.74) is 0. The standard InChI is InChI=1S/C15H30N2O2/c1-5-6-7-14-15(18)17(13(4)16-14)9-11-19-10-8-12(2)3/h12-14,16H,5-11H2,1-4H3. The number of nitrogens with zero attached hydrogens (tertiary/aromatic N) is 1. The predicted octanol–water partition coefficient (Wildman–Crippen LogP) is 2.39. The highest BCUT2D eigenvalue weighted by atomic mass is 16.5. The first-order chi connectivity index (χ1) is 9.06. The number of hydrogen-bond donors (Lipinski definition) is 1. The fourth-order valence-electron chi connectivity index (χ4n) is 2.35. The summed E-state index contributed by atoms with van der Waals surface area (Å²) in [7, 11) is 0. The van der Waals surface area contributed by atoms with Gasteiger partial charge >= 0.3 is 0 Å². The lowest BCUT2D eigenvalue weighted by atomic mass is 10.1. The number of hydrogen-bond acceptors (Lipinski definition) is 3. The lowest BCUT2D eigenvalue weighted by Crippen LogP contribution is -2.37. The third kappa shape index (κ3) is 5.49. The van der Waals surface area contributed by atoms with Gasteiger partial charge in [-0.15, -0.1) is 0 Å². The van der Waals surface area contributed by atoms with Crippen molar-refractivity contribution < 1.29 is 9.53 Å². The number of nitrogens with one attached hydrogen (secondary N) is 1. The van der Waals surface area contributed by atoms with Crippen LogP contribution < -0.4 is 5.32 Å². The molecule has 1 aliphatic rings. The average molecular weight is 270 g/mol. The molecule has 1 heterocycles. The van der Waals surface area contributed by atoms with Crippen LogP contribution >= 0.6 is 0 Å². The fourth-order valence-corrected chi connectivity index (χ4v) is 2.35. The first kappa shape index (κ1) is 16.4. The van der Waals surface area contributed by atoms with E-state index in [0.717, 1.165) is 32.3 Å². The third-order valence-electron chi connectivity index (χ3n) is 3.65. The van der Waals surface area contributed by atoms with E-state index < -0.39 is 0 Å². The van der Waals surface area contributed by atoms with Crippen molar-refractivity contribution in [2.45, 2.75) is 65.6 Å². The maximum absolute atomic E-state index is 12.2. The van der Waals surface area contributed by atoms with Gasteiger partial charge in [-0.1, -0.05) is 33.6 Å². The van der Waals surface area contributed by atoms with Gasteiger partial charge in [-0.25, -0.2) is 0 Å². The summed E-state index contributed by atoms with van der Waals surface area (Å²) < 4.78 is 5.60. The first-order valence-corrected chi connectivity index (χ1v) is 7.70. The minimum Gasteiger partial charge on any atom is -0.380 e. The summed E-state index contributed by atoms with van der Waals surface area (Å²) in [6, 6.07) is 0.0191. The van der Waals surface area contributed by atoms with Gasteiger partial charge in [0.1, 0.15) is 0 Å². The molecule has 1 amide bonds. The average Bonchev–Trinajstić information content (AvgIpc) is 2.62. The van der Waals surface area contributed by atoms with Crippen molar-refractivity contribution in [2.24, 2.45) is 5.92 Å². The largest absolute Gasteiger partial charge is 0.380 e. The molecule has 4 nitrogen and oxygen atoms in total. The van der Waals surface area contributed by atoms with Crippen molar-refractivity contribution in [1.29, 1.82) is 0 Å². The molecule has 1 fully saturated rings. The van der Waals surface area contributed by atoms with E-state index in [0.29, 0.717) is 19.1 Å². The van der Waals surface area contributed by atoms with Gasteiger partial charge in [-0.2, -0.15) is 0 Å². The lowest BCUT2D eigenvalue weighted by molar-refractivity contribution is -0.130. The number of rotatable bonds is 9. The molecule has 1 saturated heterocycles. The van der Waals surface area contributed by atoms with E-state index in [-0.39, 0.29) is 18.1 Å². The number of ether oxygens (including phenoxy) is 1. The Bertz CT molecular complexity index is 269. The molecule has 0 spiro atoms. The molecule has 0 aromatic rings. The molecule has 2 atom stereocenters. The van der Waals surface area contributed by atoms with Crippen LogP contribution in [0.3, 0.4) is 0 Å². The summed E-state index contributed by atoms with van der Waals surface area (Å²) >= 11 is 0. The van der Waals surface area contributed by atoms with Crippen molar-refractivity contribution >= 4 is 5.91 Å². The molecule has 19 heavy (non-hydrogen) atoms. The minimum atomic E-state index is 0.0191. The molecule has 0 radical (unpaired) electrons. The molecular weight excluding hydrogens is 240 g/mol. The van der Waals surface area contributed by atoms with Crippen molar-refractivity contribution in [2.75, 3.05) is 19.8 Å². The Balaban J connectivity index is 2.23. The molecule has 0 aromatic heterocycles. The Kier molecular flexibility index (Phi) is 7.39. The summed E-state index contributed by atoms with van der Waals surface area (Å²) in [4.78, 5) is 14.1. The quantitative estimate of drug-likeness (QED) is 0.654. The Morgan fingerprint density at radius 2 is 2.11 bits per heavy atom. The highest BCUT2D eigenvalue weighted by Gasteiger charge is 2.35. The van der Waals surface area contributed by atoms with Crippen LogP contribution in [0.1, 0.15) is 53.4 Å². The Morgan fingerprint density at radius 3 is 2.74 bits per heavy atom. The molecular formula is C15H30N2O2. The Morgan fingerprint density at radius 1 is 1.37 bits per heavy atom. The molecule has 1 N–H and O–H groups in total. The second-order valence-electron chi connectivity index (χ2n) is 5.86. The van der Waals surface area contributed by atoms with Crippen LogP contribution in [0.2, 0.25) is 0 Å². The maximum Gasteiger partial charge on any atom is 0.241 e. The van der Waals surface area contributed by atoms with Gasteiger partial charge in [-0.3, -0.25) is 10.1 Å². The van der Waals surface area contributed by atoms with Gasteiger partial charge < -0.3 is 9.64 Å². The normalized spacial score (nSPS) is 23.6. The fraction of sp³-hybridized carbons (Fsp3) is 0.933. The first-order valence-electron chi connectivity index (χ1n) is 7.70. The van der Waals surface area contributed by atoms with Crippen molar-refractivity contribution in [3.05, 3.63) is 0 Å². The zero-order valence-corrected chi connectivity index (χ0v) is 12.9. The van der Waals surface area contributed by atoms with E-state index in [1.165, 1.54) is 0 Å². The van der Waals surface area contributed by atoms with Crippen LogP contribution in [0.15, 0.2) is 0 Å². The van der Waals surface area contributed by atoms with Gasteiger partial charge in [0.15, 0.2) is 0 Å². The third-order valence-corrected chi connectivity index (χ3v) is 3.65. The summed E-state index contributed by atoms with van der Waals surface area (Å²) in [5.74, 6) is 0.917. The van der Waals surface area contributed by atoms with Crippen molar-refractivity contribution in [3.63, 3.8) is 0 Å². The Hall–Kier alpha value is -0.610. The van der Waals surface area contributed by atoms with Crippen LogP contribution in [-0.2, 0) is 9.53 Å². The van der Waals surface area contributed by atoms with E-state index in [1.54, 1.807) is 0 Å². The topological polar surface area (TPSA) is 41.6 Å². The summed E-state index contributed by atoms with van der Waals surface area (Å²) in [6.07, 6.45) is 4.42. The summed E-state index contributed by atoms with van der Waals surface area (Å²) in [6.45, 7) is 10.7. The molecule has 112 valence electrons. The maximum atomic E-state index is 12.2. The number of carbonyl (C=O) groups is 1. The molecule has 4 heteroatoms. The Labute approximate surface area is 117 Å². The van der Waals surface area contributed by atoms with Gasteiger partial charge in [-0.05, 0) is 25.7 Å². The second-order valence-corrected chi connectivity index (χ2v) is 5.86. The van der Waals surface area contributed by atoms with Crippen LogP contribution in [0.4, 0.5) is 0 Å². The number of carbonyl (C=O) groups excluding carboxylic acids is 1. The monoisotopic (exact) mass is 270 g/mol. The molecule has 1 rings (SSSR count). The lowest BCUT2D eigenvalue weighted by Gasteiger charge is -2.20. The molecule has 1 aliphatic heterocycles. The van der Waals surface area contributed by atoms with E-state index >= 15 is 0 Å². The molecule has 0 saturated carbocycles. The van der Waals surface area contributed by atoms with Crippen LogP contribution in [0, 0.1) is 5.92 Å². The van der Waals surface area contributed by atoms with E-state index in [4.69, 9.17) is 4.74 Å². The van der Waals surface area contributed by atoms with Crippen LogP contribution in [-0.4, -0.2) is 42.8 Å². The van der Waals surface area contributed by atoms with Crippen molar-refractivity contribution in [1.82, 2.24) is 10.2 Å². The highest BCUT2D eigenvalue weighted by molar-refractivity contribution is 5.84. The molecule has 0 aliphatic carbocycles. The second kappa shape index (κ2) is 8.54. The summed E-state index contributed by atoms with van der Waals surface area (Å²) in [5, 5.41) is 3.37. The molecule has 0 bridgehead atoms. The van der Waals surface area contributed by atoms with Gasteiger partial charge in [0.25, 0.3) is 0 Å². The van der Waals surface area contributed by atoms with Crippen LogP contribution in [0.5, 0.6) is 0 Å². The highest BCUT2D eigenvalue weighted by Crippen LogP contribution is 2.14. The van der Waals surface area contributed by atoms with Gasteiger partial charge in [0, 0.05) is 13.2 Å². The smallest absolute Gasteiger partial charge is 0.241 e. The van der Waals surface area contributed by atoms with E-state index in [9.17, 15) is 4.79 Å². The number of unbranched alkanes of at least 4 members (excludes halogenated alkanes) is 1.